The third-order valence-corrected chi connectivity index (χ3v) is 2.73. The Labute approximate surface area is 91.5 Å². The highest BCUT2D eigenvalue weighted by atomic mass is 16.5. The zero-order chi connectivity index (χ0) is 11.1. The lowest BCUT2D eigenvalue weighted by Crippen LogP contribution is -2.39. The standard InChI is InChI=1S/C11H21NO3/c1-3-11(13)15-10-4-6-12(7-5-10)8-9-14-2/h10H,3-9H2,1-2H3. The summed E-state index contributed by atoms with van der Waals surface area (Å²) in [5, 5.41) is 0. The molecule has 4 nitrogen and oxygen atoms in total. The van der Waals surface area contributed by atoms with Crippen molar-refractivity contribution in [2.24, 2.45) is 0 Å². The SMILES string of the molecule is CCC(=O)OC1CCN(CCOC)CC1. The number of hydrogen-bond donors (Lipinski definition) is 0. The Morgan fingerprint density at radius 3 is 2.60 bits per heavy atom. The Balaban J connectivity index is 2.15. The van der Waals surface area contributed by atoms with Crippen molar-refractivity contribution in [1.29, 1.82) is 0 Å². The normalized spacial score (nSPS) is 19.1. The van der Waals surface area contributed by atoms with Crippen LogP contribution in [0.4, 0.5) is 0 Å². The first-order valence-electron chi connectivity index (χ1n) is 5.67. The number of likely N-dealkylation sites (tertiary alicyclic amines) is 1. The number of ether oxygens (including phenoxy) is 2. The Morgan fingerprint density at radius 1 is 1.40 bits per heavy atom. The number of methoxy groups -OCH3 is 1. The van der Waals surface area contributed by atoms with Gasteiger partial charge in [0.05, 0.1) is 6.61 Å². The van der Waals surface area contributed by atoms with Gasteiger partial charge in [0.1, 0.15) is 6.10 Å². The molecule has 0 unspecified atom stereocenters. The quantitative estimate of drug-likeness (QED) is 0.643. The lowest BCUT2D eigenvalue weighted by Gasteiger charge is -2.31. The van der Waals surface area contributed by atoms with Crippen LogP contribution >= 0.6 is 0 Å². The van der Waals surface area contributed by atoms with E-state index in [4.69, 9.17) is 9.47 Å². The van der Waals surface area contributed by atoms with E-state index in [0.717, 1.165) is 39.1 Å². The number of carbonyl (C=O) groups excluding carboxylic acids is 1. The van der Waals surface area contributed by atoms with E-state index >= 15 is 0 Å². The van der Waals surface area contributed by atoms with Crippen molar-refractivity contribution in [3.8, 4) is 0 Å². The van der Waals surface area contributed by atoms with E-state index in [-0.39, 0.29) is 12.1 Å². The third-order valence-electron chi connectivity index (χ3n) is 2.73. The van der Waals surface area contributed by atoms with E-state index < -0.39 is 0 Å². The van der Waals surface area contributed by atoms with Crippen LogP contribution in [0.3, 0.4) is 0 Å². The minimum Gasteiger partial charge on any atom is -0.462 e. The molecule has 0 atom stereocenters. The molecule has 0 bridgehead atoms. The number of esters is 1. The van der Waals surface area contributed by atoms with E-state index in [0.29, 0.717) is 6.42 Å². The van der Waals surface area contributed by atoms with Gasteiger partial charge in [0, 0.05) is 33.2 Å². The topological polar surface area (TPSA) is 38.8 Å². The molecule has 0 spiro atoms. The van der Waals surface area contributed by atoms with Crippen molar-refractivity contribution in [3.05, 3.63) is 0 Å². The highest BCUT2D eigenvalue weighted by molar-refractivity contribution is 5.69. The van der Waals surface area contributed by atoms with Gasteiger partial charge in [-0.3, -0.25) is 4.79 Å². The number of rotatable bonds is 5. The van der Waals surface area contributed by atoms with E-state index in [1.165, 1.54) is 0 Å². The third kappa shape index (κ3) is 4.62. The molecule has 0 aromatic heterocycles. The van der Waals surface area contributed by atoms with Crippen LogP contribution in [0.2, 0.25) is 0 Å². The van der Waals surface area contributed by atoms with Gasteiger partial charge in [-0.15, -0.1) is 0 Å². The van der Waals surface area contributed by atoms with Gasteiger partial charge in [-0.25, -0.2) is 0 Å². The van der Waals surface area contributed by atoms with Gasteiger partial charge in [0.15, 0.2) is 0 Å². The second kappa shape index (κ2) is 6.80. The van der Waals surface area contributed by atoms with E-state index in [2.05, 4.69) is 4.90 Å². The average Bonchev–Trinajstić information content (AvgIpc) is 2.28. The highest BCUT2D eigenvalue weighted by Crippen LogP contribution is 2.13. The number of carbonyl (C=O) groups is 1. The Hall–Kier alpha value is -0.610. The molecule has 0 saturated carbocycles. The highest BCUT2D eigenvalue weighted by Gasteiger charge is 2.21. The Kier molecular flexibility index (Phi) is 5.65. The summed E-state index contributed by atoms with van der Waals surface area (Å²) in [6.45, 7) is 5.59. The van der Waals surface area contributed by atoms with E-state index in [1.54, 1.807) is 7.11 Å². The molecule has 1 aliphatic rings. The fourth-order valence-electron chi connectivity index (χ4n) is 1.74. The average molecular weight is 215 g/mol. The number of piperidine rings is 1. The molecule has 0 aromatic carbocycles. The fraction of sp³-hybridized carbons (Fsp3) is 0.909. The summed E-state index contributed by atoms with van der Waals surface area (Å²) in [5.41, 5.74) is 0. The summed E-state index contributed by atoms with van der Waals surface area (Å²) in [6, 6.07) is 0. The largest absolute Gasteiger partial charge is 0.462 e. The first-order valence-corrected chi connectivity index (χ1v) is 5.67. The minimum atomic E-state index is -0.0784. The van der Waals surface area contributed by atoms with Crippen LogP contribution in [-0.2, 0) is 14.3 Å². The van der Waals surface area contributed by atoms with Crippen molar-refractivity contribution in [2.75, 3.05) is 33.4 Å². The van der Waals surface area contributed by atoms with Gasteiger partial charge in [-0.2, -0.15) is 0 Å². The van der Waals surface area contributed by atoms with Gasteiger partial charge < -0.3 is 14.4 Å². The Morgan fingerprint density at radius 2 is 2.07 bits per heavy atom. The maximum Gasteiger partial charge on any atom is 0.305 e. The van der Waals surface area contributed by atoms with Gasteiger partial charge in [0.2, 0.25) is 0 Å². The smallest absolute Gasteiger partial charge is 0.305 e. The molecule has 0 amide bonds. The van der Waals surface area contributed by atoms with Gasteiger partial charge in [-0.1, -0.05) is 6.92 Å². The molecule has 1 rings (SSSR count). The summed E-state index contributed by atoms with van der Waals surface area (Å²) in [6.07, 6.45) is 2.52. The van der Waals surface area contributed by atoms with Crippen LogP contribution in [0.1, 0.15) is 26.2 Å². The summed E-state index contributed by atoms with van der Waals surface area (Å²) >= 11 is 0. The second-order valence-corrected chi connectivity index (χ2v) is 3.88. The molecule has 4 heteroatoms. The molecule has 15 heavy (non-hydrogen) atoms. The van der Waals surface area contributed by atoms with Gasteiger partial charge in [0.25, 0.3) is 0 Å². The predicted octanol–water partition coefficient (Wildman–Crippen LogP) is 1.05. The molecule has 0 N–H and O–H groups in total. The van der Waals surface area contributed by atoms with Crippen LogP contribution in [-0.4, -0.2) is 50.3 Å². The zero-order valence-electron chi connectivity index (χ0n) is 9.70. The predicted molar refractivity (Wildman–Crippen MR) is 57.7 cm³/mol. The first-order chi connectivity index (χ1) is 7.26. The summed E-state index contributed by atoms with van der Waals surface area (Å²) in [4.78, 5) is 13.4. The molecule has 0 radical (unpaired) electrons. The van der Waals surface area contributed by atoms with Crippen molar-refractivity contribution in [1.82, 2.24) is 4.90 Å². The van der Waals surface area contributed by atoms with Crippen LogP contribution in [0.5, 0.6) is 0 Å². The molecule has 1 saturated heterocycles. The van der Waals surface area contributed by atoms with Crippen LogP contribution < -0.4 is 0 Å². The summed E-state index contributed by atoms with van der Waals surface area (Å²) in [7, 11) is 1.72. The molecule has 0 aliphatic carbocycles. The molecule has 0 aromatic rings. The first kappa shape index (κ1) is 12.5. The minimum absolute atomic E-state index is 0.0784. The van der Waals surface area contributed by atoms with Gasteiger partial charge >= 0.3 is 5.97 Å². The zero-order valence-corrected chi connectivity index (χ0v) is 9.70. The molecular weight excluding hydrogens is 194 g/mol. The summed E-state index contributed by atoms with van der Waals surface area (Å²) < 4.78 is 10.3. The van der Waals surface area contributed by atoms with Crippen molar-refractivity contribution >= 4 is 5.97 Å². The van der Waals surface area contributed by atoms with Crippen molar-refractivity contribution in [3.63, 3.8) is 0 Å². The van der Waals surface area contributed by atoms with Crippen molar-refractivity contribution in [2.45, 2.75) is 32.3 Å². The molecule has 88 valence electrons. The van der Waals surface area contributed by atoms with Crippen LogP contribution in [0.15, 0.2) is 0 Å². The molecule has 1 heterocycles. The van der Waals surface area contributed by atoms with Crippen molar-refractivity contribution < 1.29 is 14.3 Å². The molecule has 1 aliphatic heterocycles. The maximum atomic E-state index is 11.1. The lowest BCUT2D eigenvalue weighted by atomic mass is 10.1. The lowest BCUT2D eigenvalue weighted by molar-refractivity contribution is -0.150. The number of hydrogen-bond acceptors (Lipinski definition) is 4. The van der Waals surface area contributed by atoms with Crippen LogP contribution in [0.25, 0.3) is 0 Å². The van der Waals surface area contributed by atoms with Gasteiger partial charge in [-0.05, 0) is 12.8 Å². The maximum absolute atomic E-state index is 11.1. The fourth-order valence-corrected chi connectivity index (χ4v) is 1.74. The van der Waals surface area contributed by atoms with E-state index in [9.17, 15) is 4.79 Å². The molecule has 1 fully saturated rings. The van der Waals surface area contributed by atoms with E-state index in [1.807, 2.05) is 6.92 Å². The second-order valence-electron chi connectivity index (χ2n) is 3.88. The Bertz CT molecular complexity index is 188. The monoisotopic (exact) mass is 215 g/mol. The number of nitrogens with zero attached hydrogens (tertiary/aromatic N) is 1. The molecular formula is C11H21NO3. The summed E-state index contributed by atoms with van der Waals surface area (Å²) in [5.74, 6) is -0.0784. The van der Waals surface area contributed by atoms with Crippen LogP contribution in [0, 0.1) is 0 Å².